The second-order valence-corrected chi connectivity index (χ2v) is 30.3. The van der Waals surface area contributed by atoms with Crippen LogP contribution in [0.2, 0.25) is 0 Å². The summed E-state index contributed by atoms with van der Waals surface area (Å²) in [5.41, 5.74) is 27.6. The van der Waals surface area contributed by atoms with Gasteiger partial charge >= 0.3 is 0 Å². The highest BCUT2D eigenvalue weighted by Crippen LogP contribution is 2.64. The molecule has 2 aliphatic carbocycles. The molecule has 0 radical (unpaired) electrons. The lowest BCUT2D eigenvalue weighted by Crippen LogP contribution is -2.62. The zero-order valence-corrected chi connectivity index (χ0v) is 54.1. The van der Waals surface area contributed by atoms with Crippen LogP contribution in [-0.4, -0.2) is 17.8 Å². The summed E-state index contributed by atoms with van der Waals surface area (Å²) in [7, 11) is 0. The first-order valence-corrected chi connectivity index (χ1v) is 33.4. The number of nitrogens with zero attached hydrogens (tertiary/aromatic N) is 4. The normalized spacial score (nSPS) is 22.3. The van der Waals surface area contributed by atoms with Crippen molar-refractivity contribution < 1.29 is 4.42 Å². The van der Waals surface area contributed by atoms with Gasteiger partial charge in [0.15, 0.2) is 5.58 Å². The van der Waals surface area contributed by atoms with Gasteiger partial charge < -0.3 is 24.0 Å². The van der Waals surface area contributed by atoms with Crippen LogP contribution in [0.15, 0.2) is 217 Å². The molecule has 90 heavy (non-hydrogen) atoms. The summed E-state index contributed by atoms with van der Waals surface area (Å²) in [6.45, 7) is 24.4. The van der Waals surface area contributed by atoms with Crippen LogP contribution in [0.3, 0.4) is 0 Å². The van der Waals surface area contributed by atoms with Crippen molar-refractivity contribution in [3.8, 4) is 22.3 Å². The summed E-state index contributed by atoms with van der Waals surface area (Å²) in [6, 6.07) is 82.3. The zero-order chi connectivity index (χ0) is 61.4. The Bertz CT molecular complexity index is 4760. The third kappa shape index (κ3) is 7.69. The van der Waals surface area contributed by atoms with Gasteiger partial charge in [0.2, 0.25) is 0 Å². The lowest BCUT2D eigenvalue weighted by Gasteiger charge is -2.51. The Morgan fingerprint density at radius 3 is 1.61 bits per heavy atom. The molecule has 5 nitrogen and oxygen atoms in total. The van der Waals surface area contributed by atoms with Gasteiger partial charge in [-0.1, -0.05) is 221 Å². The van der Waals surface area contributed by atoms with Crippen LogP contribution in [0.25, 0.3) is 44.2 Å². The molecule has 0 saturated heterocycles. The fourth-order valence-electron chi connectivity index (χ4n) is 18.2. The Morgan fingerprint density at radius 1 is 0.378 bits per heavy atom. The van der Waals surface area contributed by atoms with E-state index in [-0.39, 0.29) is 39.5 Å². The molecule has 6 aliphatic rings. The van der Waals surface area contributed by atoms with E-state index >= 15 is 0 Å². The van der Waals surface area contributed by atoms with Crippen molar-refractivity contribution in [2.75, 3.05) is 19.6 Å². The van der Waals surface area contributed by atoms with E-state index in [9.17, 15) is 0 Å². The van der Waals surface area contributed by atoms with Crippen molar-refractivity contribution in [3.63, 3.8) is 0 Å². The monoisotopic (exact) mass is 1170 g/mol. The van der Waals surface area contributed by atoms with Gasteiger partial charge in [0, 0.05) is 72.7 Å². The molecule has 0 amide bonds. The van der Waals surface area contributed by atoms with Crippen LogP contribution in [0.1, 0.15) is 143 Å². The zero-order valence-electron chi connectivity index (χ0n) is 54.1. The largest absolute Gasteiger partial charge is 0.454 e. The van der Waals surface area contributed by atoms with Gasteiger partial charge in [0.25, 0.3) is 6.71 Å². The van der Waals surface area contributed by atoms with Gasteiger partial charge in [-0.2, -0.15) is 0 Å². The number of anilines is 10. The molecule has 2 saturated carbocycles. The number of hydrogen-bond acceptors (Lipinski definition) is 5. The van der Waals surface area contributed by atoms with Gasteiger partial charge in [0.1, 0.15) is 5.58 Å². The molecular formula is C84H81BN4O. The van der Waals surface area contributed by atoms with Crippen molar-refractivity contribution in [2.45, 2.75) is 153 Å². The van der Waals surface area contributed by atoms with E-state index < -0.39 is 0 Å². The highest BCUT2D eigenvalue weighted by Gasteiger charge is 2.60. The summed E-state index contributed by atoms with van der Waals surface area (Å²) < 4.78 is 7.19. The quantitative estimate of drug-likeness (QED) is 0.155. The fourth-order valence-corrected chi connectivity index (χ4v) is 18.2. The SMILES string of the molecule is CC(C)(C)c1ccc(N2c3cc(N4c5ccc(-c6ccccc6)cc5C5(C)CCCCC45C)ccc3B3c4ccc(C(C)(C)C)cc4N(c4cccc5c4oc4ccccc45)c4cc(N5c6ccccc6C6(C)CCCCC56C)cc2c43)c(-c2ccccc2)c1. The van der Waals surface area contributed by atoms with Crippen LogP contribution < -0.4 is 36.0 Å². The van der Waals surface area contributed by atoms with Gasteiger partial charge in [0.05, 0.1) is 22.5 Å². The molecular weight excluding hydrogens is 1090 g/mol. The number of rotatable bonds is 6. The molecule has 1 aromatic heterocycles. The van der Waals surface area contributed by atoms with Crippen LogP contribution in [0.4, 0.5) is 56.9 Å². The lowest BCUT2D eigenvalue weighted by atomic mass is 9.33. The molecule has 0 spiro atoms. The van der Waals surface area contributed by atoms with Crippen molar-refractivity contribution >= 4 is 102 Å². The molecule has 4 unspecified atom stereocenters. The minimum absolute atomic E-state index is 0.0622. The van der Waals surface area contributed by atoms with Crippen molar-refractivity contribution in [1.82, 2.24) is 0 Å². The lowest BCUT2D eigenvalue weighted by molar-refractivity contribution is 0.195. The number of furan rings is 1. The van der Waals surface area contributed by atoms with E-state index in [0.29, 0.717) is 0 Å². The topological polar surface area (TPSA) is 26.1 Å². The summed E-state index contributed by atoms with van der Waals surface area (Å²) in [5.74, 6) is 0. The molecule has 2 fully saturated rings. The van der Waals surface area contributed by atoms with E-state index in [1.54, 1.807) is 0 Å². The van der Waals surface area contributed by atoms with Crippen LogP contribution in [0, 0.1) is 0 Å². The number of para-hydroxylation sites is 3. The highest BCUT2D eigenvalue weighted by molar-refractivity contribution is 7.00. The standard InChI is InChI=1S/C84H81BN4O/c1-79(2,3)57-38-43-68(63(49-57)55-28-15-12-16-29-55)86-73-51-59(88-70-42-36-56(54-26-13-11-14-27-54)48-65(70)82(8)45-22-24-47-84(82,88)10)39-41-67(73)85-66-40-37-58(80(4,5)6)50-72(66)87(71-34-25-31-62-61-30-17-20-35-76(61)90-78(62)71)75-53-60(52-74(86)77(75)85)89-69-33-19-18-32-64(69)81(7)44-21-23-46-83(81,89)9/h11-20,25-43,48-53H,21-24,44-47H2,1-10H3. The Balaban J connectivity index is 1.00. The number of benzene rings is 10. The third-order valence-electron chi connectivity index (χ3n) is 23.5. The molecule has 11 aromatic rings. The average Bonchev–Trinajstić information content (AvgIpc) is 1.25. The Kier molecular flexibility index (Phi) is 11.9. The van der Waals surface area contributed by atoms with Gasteiger partial charge in [-0.25, -0.2) is 0 Å². The average molecular weight is 1170 g/mol. The second kappa shape index (κ2) is 19.4. The first-order valence-electron chi connectivity index (χ1n) is 33.4. The molecule has 5 heterocycles. The van der Waals surface area contributed by atoms with Crippen LogP contribution in [0.5, 0.6) is 0 Å². The van der Waals surface area contributed by atoms with Gasteiger partial charge in [-0.15, -0.1) is 0 Å². The van der Waals surface area contributed by atoms with E-state index in [2.05, 4.69) is 301 Å². The molecule has 4 aliphatic heterocycles. The van der Waals surface area contributed by atoms with Crippen LogP contribution in [-0.2, 0) is 21.7 Å². The maximum atomic E-state index is 7.19. The van der Waals surface area contributed by atoms with Gasteiger partial charge in [-0.3, -0.25) is 0 Å². The Labute approximate surface area is 533 Å². The van der Waals surface area contributed by atoms with Gasteiger partial charge in [-0.05, 0) is 178 Å². The van der Waals surface area contributed by atoms with E-state index in [0.717, 1.165) is 53.3 Å². The molecule has 10 aromatic carbocycles. The molecule has 4 atom stereocenters. The highest BCUT2D eigenvalue weighted by atomic mass is 16.3. The minimum atomic E-state index is -0.204. The first-order chi connectivity index (χ1) is 43.4. The summed E-state index contributed by atoms with van der Waals surface area (Å²) in [4.78, 5) is 11.0. The second-order valence-electron chi connectivity index (χ2n) is 30.3. The summed E-state index contributed by atoms with van der Waals surface area (Å²) >= 11 is 0. The smallest absolute Gasteiger partial charge is 0.252 e. The number of hydrogen-bond donors (Lipinski definition) is 0. The molecule has 6 heteroatoms. The molecule has 446 valence electrons. The first kappa shape index (κ1) is 55.3. The van der Waals surface area contributed by atoms with Crippen molar-refractivity contribution in [1.29, 1.82) is 0 Å². The van der Waals surface area contributed by atoms with Crippen molar-refractivity contribution in [3.05, 3.63) is 235 Å². The summed E-state index contributed by atoms with van der Waals surface area (Å²) in [6.07, 6.45) is 9.33. The van der Waals surface area contributed by atoms with E-state index in [4.69, 9.17) is 4.42 Å². The summed E-state index contributed by atoms with van der Waals surface area (Å²) in [5, 5.41) is 2.25. The molecule has 0 N–H and O–H groups in total. The third-order valence-corrected chi connectivity index (χ3v) is 23.5. The minimum Gasteiger partial charge on any atom is -0.454 e. The van der Waals surface area contributed by atoms with Crippen LogP contribution >= 0.6 is 0 Å². The molecule has 17 rings (SSSR count). The predicted molar refractivity (Wildman–Crippen MR) is 382 cm³/mol. The Hall–Kier alpha value is -8.74. The number of fused-ring (bicyclic) bond motifs is 13. The van der Waals surface area contributed by atoms with E-state index in [1.165, 1.54) is 138 Å². The Morgan fingerprint density at radius 2 is 0.900 bits per heavy atom. The van der Waals surface area contributed by atoms with Crippen molar-refractivity contribution in [2.24, 2.45) is 0 Å². The maximum absolute atomic E-state index is 7.19. The fraction of sp³-hybridized carbons (Fsp3) is 0.286. The predicted octanol–water partition coefficient (Wildman–Crippen LogP) is 21.1. The van der Waals surface area contributed by atoms with E-state index in [1.807, 2.05) is 0 Å². The maximum Gasteiger partial charge on any atom is 0.252 e. The molecule has 0 bridgehead atoms.